The summed E-state index contributed by atoms with van der Waals surface area (Å²) in [6.45, 7) is 13.7. The lowest BCUT2D eigenvalue weighted by Gasteiger charge is -2.46. The summed E-state index contributed by atoms with van der Waals surface area (Å²) in [7, 11) is 0. The Labute approximate surface area is 189 Å². The highest BCUT2D eigenvalue weighted by molar-refractivity contribution is 5.87. The van der Waals surface area contributed by atoms with Crippen molar-refractivity contribution in [1.29, 1.82) is 0 Å². The molecular formula is C28H44O3. The highest BCUT2D eigenvalue weighted by atomic mass is 16.5. The largest absolute Gasteiger partial charge is 0.494 e. The van der Waals surface area contributed by atoms with Crippen LogP contribution in [0.2, 0.25) is 0 Å². The Kier molecular flexibility index (Phi) is 6.22. The molecule has 4 rings (SSSR count). The van der Waals surface area contributed by atoms with Crippen molar-refractivity contribution in [2.75, 3.05) is 0 Å². The molecule has 0 spiro atoms. The molecule has 3 nitrogen and oxygen atoms in total. The first kappa shape index (κ1) is 23.1. The van der Waals surface area contributed by atoms with Crippen LogP contribution >= 0.6 is 0 Å². The fourth-order valence-electron chi connectivity index (χ4n) is 7.24. The van der Waals surface area contributed by atoms with E-state index in [0.717, 1.165) is 44.3 Å². The van der Waals surface area contributed by atoms with Crippen LogP contribution in [0.4, 0.5) is 0 Å². The summed E-state index contributed by atoms with van der Waals surface area (Å²) in [5.74, 6) is 4.10. The van der Waals surface area contributed by atoms with Crippen molar-refractivity contribution in [2.24, 2.45) is 46.3 Å². The molecule has 174 valence electrons. The third-order valence-corrected chi connectivity index (χ3v) is 10.1. The van der Waals surface area contributed by atoms with Crippen LogP contribution in [0.15, 0.2) is 24.0 Å². The van der Waals surface area contributed by atoms with Crippen LogP contribution in [0.5, 0.6) is 0 Å². The van der Waals surface area contributed by atoms with Crippen LogP contribution in [-0.2, 0) is 9.53 Å². The Bertz CT molecular complexity index is 751. The summed E-state index contributed by atoms with van der Waals surface area (Å²) in [6, 6.07) is 0. The zero-order valence-electron chi connectivity index (χ0n) is 20.6. The van der Waals surface area contributed by atoms with Gasteiger partial charge in [-0.15, -0.1) is 0 Å². The minimum Gasteiger partial charge on any atom is -0.494 e. The van der Waals surface area contributed by atoms with Gasteiger partial charge in [0.2, 0.25) is 0 Å². The van der Waals surface area contributed by atoms with Crippen molar-refractivity contribution in [3.8, 4) is 0 Å². The highest BCUT2D eigenvalue weighted by Crippen LogP contribution is 2.60. The van der Waals surface area contributed by atoms with Gasteiger partial charge < -0.3 is 9.84 Å². The number of ketones is 1. The molecule has 0 radical (unpaired) electrons. The Hall–Kier alpha value is -1.09. The molecule has 2 saturated carbocycles. The molecule has 1 unspecified atom stereocenters. The van der Waals surface area contributed by atoms with Gasteiger partial charge in [-0.05, 0) is 74.2 Å². The average Bonchev–Trinajstić information content (AvgIpc) is 2.96. The van der Waals surface area contributed by atoms with E-state index < -0.39 is 0 Å². The average molecular weight is 429 g/mol. The standard InChI is InChI=1S/C28H44O3/c1-17(2)18(3)7-8-19(4)22-10-11-23-24-12-9-20-15-21(29)13-14-27(20,5)26(31-24)16-25(30)28(22,23)6/h7-8,12,17-23,26,29H,9-11,13-16H2,1-6H3/b8-7+/t18-,19-,20?,21+,22-,23+,26+,27+,28-/m1/s1. The van der Waals surface area contributed by atoms with E-state index in [4.69, 9.17) is 4.74 Å². The molecule has 9 atom stereocenters. The van der Waals surface area contributed by atoms with E-state index in [-0.39, 0.29) is 29.0 Å². The SMILES string of the molecule is CC(C)[C@H](C)/C=C/[C@@H](C)[C@H]1CC[C@H]2C3=CCC4C[C@@H](O)CC[C@]4(C)[C@H](CC(=O)[C@]12C)O3. The van der Waals surface area contributed by atoms with Crippen LogP contribution in [-0.4, -0.2) is 23.1 Å². The Morgan fingerprint density at radius 1 is 1.13 bits per heavy atom. The van der Waals surface area contributed by atoms with Crippen molar-refractivity contribution in [3.05, 3.63) is 24.0 Å². The number of hydrogen-bond acceptors (Lipinski definition) is 3. The van der Waals surface area contributed by atoms with Gasteiger partial charge >= 0.3 is 0 Å². The number of aliphatic hydroxyl groups excluding tert-OH is 1. The number of aliphatic hydroxyl groups is 1. The smallest absolute Gasteiger partial charge is 0.143 e. The maximum absolute atomic E-state index is 13.9. The minimum atomic E-state index is -0.331. The lowest BCUT2D eigenvalue weighted by atomic mass is 9.59. The van der Waals surface area contributed by atoms with Gasteiger partial charge in [0, 0.05) is 23.2 Å². The molecule has 2 heterocycles. The lowest BCUT2D eigenvalue weighted by Crippen LogP contribution is -2.46. The van der Waals surface area contributed by atoms with E-state index in [1.807, 2.05) is 0 Å². The van der Waals surface area contributed by atoms with Crippen molar-refractivity contribution in [1.82, 2.24) is 0 Å². The lowest BCUT2D eigenvalue weighted by molar-refractivity contribution is -0.135. The third-order valence-electron chi connectivity index (χ3n) is 10.1. The normalized spacial score (nSPS) is 44.7. The molecule has 2 aliphatic heterocycles. The topological polar surface area (TPSA) is 46.5 Å². The quantitative estimate of drug-likeness (QED) is 0.533. The van der Waals surface area contributed by atoms with Crippen molar-refractivity contribution >= 4 is 5.78 Å². The van der Waals surface area contributed by atoms with Gasteiger partial charge in [0.1, 0.15) is 11.9 Å². The number of carbonyl (C=O) groups excluding carboxylic acids is 1. The molecule has 1 saturated heterocycles. The number of rotatable bonds is 4. The molecule has 4 aliphatic rings. The predicted octanol–water partition coefficient (Wildman–Crippen LogP) is 6.32. The molecule has 31 heavy (non-hydrogen) atoms. The van der Waals surface area contributed by atoms with Crippen LogP contribution < -0.4 is 0 Å². The molecule has 0 amide bonds. The summed E-state index contributed by atoms with van der Waals surface area (Å²) in [6.07, 6.45) is 13.1. The molecule has 3 heteroatoms. The Balaban J connectivity index is 1.63. The van der Waals surface area contributed by atoms with Crippen LogP contribution in [0.3, 0.4) is 0 Å². The van der Waals surface area contributed by atoms with Crippen LogP contribution in [0, 0.1) is 46.3 Å². The van der Waals surface area contributed by atoms with Crippen molar-refractivity contribution in [3.63, 3.8) is 0 Å². The first-order chi connectivity index (χ1) is 14.6. The van der Waals surface area contributed by atoms with E-state index in [1.165, 1.54) is 0 Å². The van der Waals surface area contributed by atoms with Crippen molar-refractivity contribution in [2.45, 2.75) is 98.7 Å². The van der Waals surface area contributed by atoms with E-state index in [9.17, 15) is 9.90 Å². The summed E-state index contributed by atoms with van der Waals surface area (Å²) < 4.78 is 6.73. The van der Waals surface area contributed by atoms with E-state index >= 15 is 0 Å². The first-order valence-electron chi connectivity index (χ1n) is 12.8. The van der Waals surface area contributed by atoms with Crippen LogP contribution in [0.1, 0.15) is 86.5 Å². The highest BCUT2D eigenvalue weighted by Gasteiger charge is 2.59. The van der Waals surface area contributed by atoms with Gasteiger partial charge in [-0.3, -0.25) is 4.79 Å². The summed E-state index contributed by atoms with van der Waals surface area (Å²) in [5.41, 5.74) is -0.349. The molecule has 2 aliphatic carbocycles. The van der Waals surface area contributed by atoms with E-state index in [0.29, 0.717) is 41.8 Å². The van der Waals surface area contributed by atoms with E-state index in [2.05, 4.69) is 59.8 Å². The van der Waals surface area contributed by atoms with Crippen LogP contribution in [0.25, 0.3) is 0 Å². The number of hydrogen-bond donors (Lipinski definition) is 1. The number of carbonyl (C=O) groups is 1. The third kappa shape index (κ3) is 3.83. The molecule has 1 N–H and O–H groups in total. The second-order valence-corrected chi connectivity index (χ2v) is 12.1. The van der Waals surface area contributed by atoms with Gasteiger partial charge in [-0.2, -0.15) is 0 Å². The van der Waals surface area contributed by atoms with Gasteiger partial charge in [0.15, 0.2) is 0 Å². The monoisotopic (exact) mass is 428 g/mol. The zero-order valence-corrected chi connectivity index (χ0v) is 20.6. The molecule has 0 aromatic carbocycles. The van der Waals surface area contributed by atoms with E-state index in [1.54, 1.807) is 0 Å². The van der Waals surface area contributed by atoms with Gasteiger partial charge in [0.05, 0.1) is 11.9 Å². The first-order valence-corrected chi connectivity index (χ1v) is 12.8. The summed E-state index contributed by atoms with van der Waals surface area (Å²) in [4.78, 5) is 13.9. The molecule has 3 fully saturated rings. The van der Waals surface area contributed by atoms with Gasteiger partial charge in [-0.25, -0.2) is 0 Å². The molecular weight excluding hydrogens is 384 g/mol. The second kappa shape index (κ2) is 8.36. The molecule has 0 aromatic heterocycles. The predicted molar refractivity (Wildman–Crippen MR) is 125 cm³/mol. The maximum atomic E-state index is 13.9. The fourth-order valence-corrected chi connectivity index (χ4v) is 7.24. The second-order valence-electron chi connectivity index (χ2n) is 12.1. The zero-order chi connectivity index (χ0) is 22.6. The Morgan fingerprint density at radius 3 is 2.58 bits per heavy atom. The van der Waals surface area contributed by atoms with Crippen molar-refractivity contribution < 1.29 is 14.6 Å². The maximum Gasteiger partial charge on any atom is 0.143 e. The van der Waals surface area contributed by atoms with Gasteiger partial charge in [-0.1, -0.05) is 53.7 Å². The summed E-state index contributed by atoms with van der Waals surface area (Å²) >= 11 is 0. The summed E-state index contributed by atoms with van der Waals surface area (Å²) in [5, 5.41) is 10.3. The number of fused-ring (bicyclic) bond motifs is 6. The number of ether oxygens (including phenoxy) is 1. The Morgan fingerprint density at radius 2 is 1.87 bits per heavy atom. The fraction of sp³-hybridized carbons (Fsp3) is 0.821. The number of Topliss-reactive ketones (excluding diaryl/α,β-unsaturated/α-hetero) is 1. The van der Waals surface area contributed by atoms with Gasteiger partial charge in [0.25, 0.3) is 0 Å². The minimum absolute atomic E-state index is 0.0180. The molecule has 2 bridgehead atoms. The number of allylic oxidation sites excluding steroid dienone is 4. The molecule has 0 aromatic rings.